The normalized spacial score (nSPS) is 16.9. The van der Waals surface area contributed by atoms with E-state index in [1.807, 2.05) is 19.1 Å². The van der Waals surface area contributed by atoms with Crippen molar-refractivity contribution in [3.8, 4) is 6.07 Å². The molecule has 156 valence electrons. The minimum Gasteiger partial charge on any atom is -0.339 e. The van der Waals surface area contributed by atoms with Crippen LogP contribution in [0.3, 0.4) is 0 Å². The second kappa shape index (κ2) is 11.8. The van der Waals surface area contributed by atoms with Gasteiger partial charge < -0.3 is 9.80 Å². The summed E-state index contributed by atoms with van der Waals surface area (Å²) >= 11 is 1.21. The molecule has 6 heteroatoms. The third-order valence-electron chi connectivity index (χ3n) is 4.95. The second-order valence-electron chi connectivity index (χ2n) is 7.32. The van der Waals surface area contributed by atoms with E-state index < -0.39 is 5.82 Å². The van der Waals surface area contributed by atoms with Gasteiger partial charge in [0.15, 0.2) is 0 Å². The summed E-state index contributed by atoms with van der Waals surface area (Å²) < 4.78 is 14.4. The molecule has 0 saturated carbocycles. The number of amides is 1. The summed E-state index contributed by atoms with van der Waals surface area (Å²) in [7, 11) is 2.17. The number of nitrogens with zero attached hydrogens (tertiary/aromatic N) is 3. The maximum absolute atomic E-state index is 14.4. The molecule has 2 aliphatic heterocycles. The smallest absolute Gasteiger partial charge is 0.256 e. The lowest BCUT2D eigenvalue weighted by Crippen LogP contribution is -2.28. The van der Waals surface area contributed by atoms with E-state index in [9.17, 15) is 9.18 Å². The highest BCUT2D eigenvalue weighted by atomic mass is 32.2. The molecule has 29 heavy (non-hydrogen) atoms. The molecular weight excluding hydrogens is 385 g/mol. The van der Waals surface area contributed by atoms with E-state index in [-0.39, 0.29) is 11.5 Å². The quantitative estimate of drug-likeness (QED) is 0.613. The summed E-state index contributed by atoms with van der Waals surface area (Å²) in [6.07, 6.45) is 7.46. The van der Waals surface area contributed by atoms with Crippen LogP contribution in [0.25, 0.3) is 4.91 Å². The predicted octanol–water partition coefficient (Wildman–Crippen LogP) is 5.30. The molecule has 2 heterocycles. The summed E-state index contributed by atoms with van der Waals surface area (Å²) in [5.41, 5.74) is 0.763. The standard InChI is InChI=1S/C18H19FN2OS.C5H11N/c1-3-6-17(23-13(2)12-20)14-7-8-15(16(19)11-14)18(22)21-9-4-5-10-21;1-6-4-2-3-5-6/h6-8,11H,2-5,9-10H2,1H3;2-5H2,1H3/b17-6-;. The van der Waals surface area contributed by atoms with Crippen LogP contribution in [0, 0.1) is 17.1 Å². The summed E-state index contributed by atoms with van der Waals surface area (Å²) in [5.74, 6) is -0.772. The van der Waals surface area contributed by atoms with E-state index in [4.69, 9.17) is 5.26 Å². The van der Waals surface area contributed by atoms with Crippen molar-refractivity contribution >= 4 is 22.6 Å². The van der Waals surface area contributed by atoms with Gasteiger partial charge in [-0.1, -0.05) is 37.4 Å². The third kappa shape index (κ3) is 7.02. The molecule has 0 radical (unpaired) electrons. The Bertz CT molecular complexity index is 788. The van der Waals surface area contributed by atoms with Gasteiger partial charge in [-0.15, -0.1) is 0 Å². The van der Waals surface area contributed by atoms with E-state index in [0.29, 0.717) is 23.6 Å². The van der Waals surface area contributed by atoms with Crippen molar-refractivity contribution in [2.24, 2.45) is 0 Å². The van der Waals surface area contributed by atoms with Crippen LogP contribution in [0.5, 0.6) is 0 Å². The van der Waals surface area contributed by atoms with Gasteiger partial charge in [0, 0.05) is 18.0 Å². The number of carbonyl (C=O) groups is 1. The Labute approximate surface area is 178 Å². The highest BCUT2D eigenvalue weighted by Crippen LogP contribution is 2.33. The van der Waals surface area contributed by atoms with Gasteiger partial charge in [0.05, 0.1) is 10.5 Å². The predicted molar refractivity (Wildman–Crippen MR) is 119 cm³/mol. The maximum Gasteiger partial charge on any atom is 0.256 e. The van der Waals surface area contributed by atoms with Crippen molar-refractivity contribution < 1.29 is 9.18 Å². The first-order valence-electron chi connectivity index (χ1n) is 10.2. The van der Waals surface area contributed by atoms with Crippen LogP contribution in [0.4, 0.5) is 4.39 Å². The first-order valence-corrected chi connectivity index (χ1v) is 11.0. The lowest BCUT2D eigenvalue weighted by Gasteiger charge is -2.16. The van der Waals surface area contributed by atoms with Crippen molar-refractivity contribution in [3.63, 3.8) is 0 Å². The van der Waals surface area contributed by atoms with Crippen LogP contribution in [0.1, 0.15) is 54.9 Å². The fraction of sp³-hybridized carbons (Fsp3) is 0.478. The van der Waals surface area contributed by atoms with E-state index in [2.05, 4.69) is 18.5 Å². The fourth-order valence-corrected chi connectivity index (χ4v) is 4.17. The largest absolute Gasteiger partial charge is 0.339 e. The summed E-state index contributed by atoms with van der Waals surface area (Å²) in [5, 5.41) is 8.87. The van der Waals surface area contributed by atoms with Crippen molar-refractivity contribution in [2.75, 3.05) is 33.2 Å². The van der Waals surface area contributed by atoms with Gasteiger partial charge in [0.2, 0.25) is 0 Å². The molecule has 0 atom stereocenters. The molecule has 0 spiro atoms. The first kappa shape index (κ1) is 23.2. The number of halogens is 1. The zero-order valence-corrected chi connectivity index (χ0v) is 18.2. The van der Waals surface area contributed by atoms with Crippen molar-refractivity contribution in [2.45, 2.75) is 39.0 Å². The first-order chi connectivity index (χ1) is 14.0. The van der Waals surface area contributed by atoms with Crippen LogP contribution in [-0.4, -0.2) is 48.9 Å². The Hall–Kier alpha value is -2.10. The van der Waals surface area contributed by atoms with Crippen molar-refractivity contribution in [3.05, 3.63) is 52.7 Å². The number of rotatable bonds is 5. The minimum atomic E-state index is -0.524. The Morgan fingerprint density at radius 3 is 2.34 bits per heavy atom. The van der Waals surface area contributed by atoms with Gasteiger partial charge in [0.1, 0.15) is 11.9 Å². The van der Waals surface area contributed by atoms with E-state index in [0.717, 1.165) is 24.2 Å². The lowest BCUT2D eigenvalue weighted by atomic mass is 10.1. The second-order valence-corrected chi connectivity index (χ2v) is 8.45. The van der Waals surface area contributed by atoms with Crippen LogP contribution >= 0.6 is 11.8 Å². The van der Waals surface area contributed by atoms with Gasteiger partial charge in [0.25, 0.3) is 5.91 Å². The van der Waals surface area contributed by atoms with Gasteiger partial charge in [-0.05, 0) is 69.9 Å². The number of carbonyl (C=O) groups excluding carboxylic acids is 1. The van der Waals surface area contributed by atoms with Crippen molar-refractivity contribution in [1.82, 2.24) is 9.80 Å². The number of hydrogen-bond acceptors (Lipinski definition) is 4. The maximum atomic E-state index is 14.4. The molecule has 1 amide bonds. The summed E-state index contributed by atoms with van der Waals surface area (Å²) in [4.78, 5) is 17.5. The molecule has 0 aliphatic carbocycles. The van der Waals surface area contributed by atoms with Crippen LogP contribution < -0.4 is 0 Å². The van der Waals surface area contributed by atoms with Gasteiger partial charge in [-0.3, -0.25) is 4.79 Å². The third-order valence-corrected chi connectivity index (χ3v) is 5.91. The monoisotopic (exact) mass is 415 g/mol. The average Bonchev–Trinajstić information content (AvgIpc) is 3.41. The van der Waals surface area contributed by atoms with Crippen LogP contribution in [0.2, 0.25) is 0 Å². The molecule has 3 rings (SSSR count). The highest BCUT2D eigenvalue weighted by Gasteiger charge is 2.22. The Morgan fingerprint density at radius 1 is 1.24 bits per heavy atom. The van der Waals surface area contributed by atoms with E-state index >= 15 is 0 Å². The molecule has 4 nitrogen and oxygen atoms in total. The summed E-state index contributed by atoms with van der Waals surface area (Å²) in [6.45, 7) is 9.64. The molecule has 0 unspecified atom stereocenters. The number of allylic oxidation sites excluding steroid dienone is 2. The number of hydrogen-bond donors (Lipinski definition) is 0. The van der Waals surface area contributed by atoms with Crippen LogP contribution in [-0.2, 0) is 0 Å². The van der Waals surface area contributed by atoms with E-state index in [1.165, 1.54) is 49.8 Å². The highest BCUT2D eigenvalue weighted by molar-refractivity contribution is 8.12. The zero-order valence-electron chi connectivity index (χ0n) is 17.4. The van der Waals surface area contributed by atoms with Crippen LogP contribution in [0.15, 0.2) is 35.8 Å². The molecular formula is C23H30FN3OS. The molecule has 1 aromatic rings. The Kier molecular flexibility index (Phi) is 9.43. The SMILES string of the molecule is C=C(C#N)S/C(=C\CC)c1ccc(C(=O)N2CCCC2)c(F)c1.CN1CCCC1. The molecule has 2 fully saturated rings. The molecule has 1 aromatic carbocycles. The number of likely N-dealkylation sites (tertiary alicyclic amines) is 2. The molecule has 2 aliphatic rings. The molecule has 0 bridgehead atoms. The molecule has 2 saturated heterocycles. The Morgan fingerprint density at radius 2 is 1.86 bits per heavy atom. The average molecular weight is 416 g/mol. The zero-order chi connectivity index (χ0) is 21.2. The van der Waals surface area contributed by atoms with Gasteiger partial charge in [-0.2, -0.15) is 5.26 Å². The number of benzene rings is 1. The van der Waals surface area contributed by atoms with Crippen molar-refractivity contribution in [1.29, 1.82) is 5.26 Å². The number of thioether (sulfide) groups is 1. The fourth-order valence-electron chi connectivity index (χ4n) is 3.37. The Balaban J connectivity index is 0.000000426. The topological polar surface area (TPSA) is 47.3 Å². The number of nitriles is 1. The van der Waals surface area contributed by atoms with Gasteiger partial charge >= 0.3 is 0 Å². The lowest BCUT2D eigenvalue weighted by molar-refractivity contribution is 0.0788. The van der Waals surface area contributed by atoms with E-state index in [1.54, 1.807) is 11.0 Å². The molecule has 0 N–H and O–H groups in total. The molecule has 0 aromatic heterocycles. The van der Waals surface area contributed by atoms with Gasteiger partial charge in [-0.25, -0.2) is 4.39 Å². The minimum absolute atomic E-state index is 0.107. The summed E-state index contributed by atoms with van der Waals surface area (Å²) in [6, 6.07) is 6.60.